The van der Waals surface area contributed by atoms with E-state index in [4.69, 9.17) is 5.73 Å². The number of hydrogen-bond donors (Lipinski definition) is 4. The number of alkyl halides is 3. The third-order valence-corrected chi connectivity index (χ3v) is 3.80. The number of halogens is 3. The van der Waals surface area contributed by atoms with E-state index in [9.17, 15) is 18.0 Å². The summed E-state index contributed by atoms with van der Waals surface area (Å²) in [5.41, 5.74) is 5.88. The van der Waals surface area contributed by atoms with Gasteiger partial charge in [-0.15, -0.1) is 0 Å². The van der Waals surface area contributed by atoms with E-state index in [0.29, 0.717) is 12.1 Å². The summed E-state index contributed by atoms with van der Waals surface area (Å²) < 4.78 is 39.0. The van der Waals surface area contributed by atoms with Crippen LogP contribution in [0.5, 0.6) is 0 Å². The van der Waals surface area contributed by atoms with Crippen molar-refractivity contribution in [1.29, 1.82) is 0 Å². The first-order valence-electron chi connectivity index (χ1n) is 7.82. The number of amides is 1. The molecule has 7 nitrogen and oxygen atoms in total. The molecule has 1 aliphatic carbocycles. The van der Waals surface area contributed by atoms with Crippen LogP contribution in [0.3, 0.4) is 0 Å². The fourth-order valence-electron chi connectivity index (χ4n) is 2.37. The highest BCUT2D eigenvalue weighted by Gasteiger charge is 2.38. The minimum Gasteiger partial charge on any atom is -0.384 e. The molecule has 0 spiro atoms. The Bertz CT molecular complexity index is 832. The maximum absolute atomic E-state index is 13.2. The normalized spacial score (nSPS) is 18.5. The number of carbonyl (C=O) groups excluding carboxylic acids is 1. The van der Waals surface area contributed by atoms with Crippen molar-refractivity contribution in [3.8, 4) is 0 Å². The number of anilines is 4. The van der Waals surface area contributed by atoms with Crippen LogP contribution >= 0.6 is 0 Å². The molecule has 1 saturated carbocycles. The van der Waals surface area contributed by atoms with Crippen molar-refractivity contribution < 1.29 is 18.0 Å². The average molecular weight is 366 g/mol. The van der Waals surface area contributed by atoms with Crippen LogP contribution < -0.4 is 21.7 Å². The standard InChI is InChI=1S/C16H17F3N6O/c1-21-16(26)8-6-22-13(5-10(8)23-11-4-9(11)17)25-14-3-7(15(18)19)2-12(20)24-14/h2-3,5-6,9,11,15H,4H2,1H3,(H,21,26)(H4,20,22,23,24,25)/t9-,11+/m0/s1. The van der Waals surface area contributed by atoms with Crippen molar-refractivity contribution in [3.63, 3.8) is 0 Å². The van der Waals surface area contributed by atoms with Crippen LogP contribution in [-0.4, -0.2) is 35.1 Å². The Kier molecular flexibility index (Phi) is 4.83. The molecule has 0 bridgehead atoms. The lowest BCUT2D eigenvalue weighted by Crippen LogP contribution is -2.21. The molecule has 0 aromatic carbocycles. The van der Waals surface area contributed by atoms with E-state index in [1.165, 1.54) is 19.3 Å². The lowest BCUT2D eigenvalue weighted by atomic mass is 10.2. The van der Waals surface area contributed by atoms with Crippen molar-refractivity contribution in [1.82, 2.24) is 15.3 Å². The number of rotatable bonds is 6. The lowest BCUT2D eigenvalue weighted by molar-refractivity contribution is 0.0963. The van der Waals surface area contributed by atoms with Gasteiger partial charge in [0.1, 0.15) is 23.6 Å². The van der Waals surface area contributed by atoms with Crippen LogP contribution in [0.2, 0.25) is 0 Å². The summed E-state index contributed by atoms with van der Waals surface area (Å²) >= 11 is 0. The zero-order chi connectivity index (χ0) is 18.8. The highest BCUT2D eigenvalue weighted by atomic mass is 19.3. The van der Waals surface area contributed by atoms with Crippen LogP contribution in [0.15, 0.2) is 24.4 Å². The molecule has 0 saturated heterocycles. The Balaban J connectivity index is 1.88. The second-order valence-electron chi connectivity index (χ2n) is 5.83. The van der Waals surface area contributed by atoms with Gasteiger partial charge >= 0.3 is 0 Å². The summed E-state index contributed by atoms with van der Waals surface area (Å²) in [6, 6.07) is 3.35. The number of nitrogens with two attached hydrogens (primary N) is 1. The largest absolute Gasteiger partial charge is 0.384 e. The fraction of sp³-hybridized carbons (Fsp3) is 0.312. The Morgan fingerprint density at radius 2 is 2.04 bits per heavy atom. The monoisotopic (exact) mass is 366 g/mol. The van der Waals surface area contributed by atoms with Crippen LogP contribution in [0.4, 0.5) is 36.3 Å². The summed E-state index contributed by atoms with van der Waals surface area (Å²) in [6.45, 7) is 0. The van der Waals surface area contributed by atoms with E-state index in [1.54, 1.807) is 0 Å². The van der Waals surface area contributed by atoms with Crippen LogP contribution in [-0.2, 0) is 0 Å². The number of carbonyl (C=O) groups is 1. The minimum atomic E-state index is -2.70. The van der Waals surface area contributed by atoms with Gasteiger partial charge in [0, 0.05) is 31.3 Å². The van der Waals surface area contributed by atoms with Crippen molar-refractivity contribution in [2.24, 2.45) is 0 Å². The van der Waals surface area contributed by atoms with Gasteiger partial charge in [0.25, 0.3) is 12.3 Å². The van der Waals surface area contributed by atoms with Gasteiger partial charge < -0.3 is 21.7 Å². The van der Waals surface area contributed by atoms with Gasteiger partial charge in [0.05, 0.1) is 17.3 Å². The second kappa shape index (κ2) is 7.06. The Hall–Kier alpha value is -3.04. The van der Waals surface area contributed by atoms with Crippen molar-refractivity contribution >= 4 is 29.0 Å². The number of hydrogen-bond acceptors (Lipinski definition) is 6. The third-order valence-electron chi connectivity index (χ3n) is 3.80. The summed E-state index contributed by atoms with van der Waals surface area (Å²) in [4.78, 5) is 19.9. The van der Waals surface area contributed by atoms with E-state index in [0.717, 1.165) is 12.1 Å². The summed E-state index contributed by atoms with van der Waals surface area (Å²) in [5.74, 6) is -0.121. The van der Waals surface area contributed by atoms with Gasteiger partial charge in [0.15, 0.2) is 0 Å². The van der Waals surface area contributed by atoms with Gasteiger partial charge in [-0.1, -0.05) is 0 Å². The quantitative estimate of drug-likeness (QED) is 0.626. The molecule has 3 rings (SSSR count). The lowest BCUT2D eigenvalue weighted by Gasteiger charge is -2.13. The average Bonchev–Trinajstić information content (AvgIpc) is 3.28. The van der Waals surface area contributed by atoms with Gasteiger partial charge in [-0.3, -0.25) is 4.79 Å². The molecule has 2 atom stereocenters. The SMILES string of the molecule is CNC(=O)c1cnc(Nc2cc(C(F)F)cc(N)n2)cc1N[C@@H]1C[C@@H]1F. The van der Waals surface area contributed by atoms with E-state index in [2.05, 4.69) is 25.9 Å². The Morgan fingerprint density at radius 3 is 2.65 bits per heavy atom. The van der Waals surface area contributed by atoms with Crippen LogP contribution in [0.1, 0.15) is 28.8 Å². The predicted molar refractivity (Wildman–Crippen MR) is 91.4 cm³/mol. The zero-order valence-corrected chi connectivity index (χ0v) is 13.8. The summed E-state index contributed by atoms with van der Waals surface area (Å²) in [5, 5.41) is 8.18. The second-order valence-corrected chi connectivity index (χ2v) is 5.83. The van der Waals surface area contributed by atoms with Gasteiger partial charge in [-0.25, -0.2) is 23.1 Å². The first kappa shape index (κ1) is 17.8. The molecular formula is C16H17F3N6O. The number of nitrogens with zero attached hydrogens (tertiary/aromatic N) is 2. The smallest absolute Gasteiger partial charge is 0.264 e. The number of nitrogens with one attached hydrogen (secondary N) is 3. The van der Waals surface area contributed by atoms with E-state index in [1.807, 2.05) is 0 Å². The maximum atomic E-state index is 13.2. The molecule has 0 radical (unpaired) electrons. The Labute approximate surface area is 147 Å². The van der Waals surface area contributed by atoms with E-state index < -0.39 is 12.6 Å². The molecule has 2 heterocycles. The summed E-state index contributed by atoms with van der Waals surface area (Å²) in [7, 11) is 1.47. The molecule has 0 aliphatic heterocycles. The molecule has 0 unspecified atom stereocenters. The molecule has 138 valence electrons. The topological polar surface area (TPSA) is 105 Å². The van der Waals surface area contributed by atoms with Crippen molar-refractivity contribution in [2.75, 3.05) is 23.4 Å². The number of aromatic nitrogens is 2. The number of nitrogen functional groups attached to an aromatic ring is 1. The first-order valence-corrected chi connectivity index (χ1v) is 7.82. The molecule has 5 N–H and O–H groups in total. The van der Waals surface area contributed by atoms with Crippen LogP contribution in [0, 0.1) is 0 Å². The Morgan fingerprint density at radius 1 is 1.31 bits per heavy atom. The molecule has 1 aliphatic rings. The highest BCUT2D eigenvalue weighted by molar-refractivity contribution is 5.99. The van der Waals surface area contributed by atoms with E-state index >= 15 is 0 Å². The van der Waals surface area contributed by atoms with Crippen molar-refractivity contribution in [2.45, 2.75) is 25.1 Å². The molecule has 2 aromatic heterocycles. The maximum Gasteiger partial charge on any atom is 0.264 e. The fourth-order valence-corrected chi connectivity index (χ4v) is 2.37. The first-order chi connectivity index (χ1) is 12.4. The molecular weight excluding hydrogens is 349 g/mol. The van der Waals surface area contributed by atoms with Crippen molar-refractivity contribution in [3.05, 3.63) is 35.5 Å². The highest BCUT2D eigenvalue weighted by Crippen LogP contribution is 2.32. The third kappa shape index (κ3) is 3.95. The summed E-state index contributed by atoms with van der Waals surface area (Å²) in [6.07, 6.45) is -2.01. The molecule has 10 heteroatoms. The molecule has 2 aromatic rings. The molecule has 26 heavy (non-hydrogen) atoms. The minimum absolute atomic E-state index is 0.0659. The predicted octanol–water partition coefficient (Wildman–Crippen LogP) is 2.62. The van der Waals surface area contributed by atoms with Gasteiger partial charge in [-0.05, 0) is 12.1 Å². The van der Waals surface area contributed by atoms with Gasteiger partial charge in [0.2, 0.25) is 0 Å². The molecule has 1 fully saturated rings. The number of pyridine rings is 2. The zero-order valence-electron chi connectivity index (χ0n) is 13.8. The van der Waals surface area contributed by atoms with E-state index in [-0.39, 0.29) is 40.5 Å². The molecule has 1 amide bonds. The van der Waals surface area contributed by atoms with Crippen LogP contribution in [0.25, 0.3) is 0 Å². The van der Waals surface area contributed by atoms with Gasteiger partial charge in [-0.2, -0.15) is 0 Å².